The highest BCUT2D eigenvalue weighted by Gasteiger charge is 2.20. The first-order chi connectivity index (χ1) is 16.2. The lowest BCUT2D eigenvalue weighted by Crippen LogP contribution is -2.26. The second kappa shape index (κ2) is 8.87. The van der Waals surface area contributed by atoms with Gasteiger partial charge >= 0.3 is 0 Å². The fourth-order valence-electron chi connectivity index (χ4n) is 3.65. The van der Waals surface area contributed by atoms with Crippen LogP contribution in [0.25, 0.3) is 27.6 Å². The van der Waals surface area contributed by atoms with E-state index < -0.39 is 0 Å². The number of para-hydroxylation sites is 3. The van der Waals surface area contributed by atoms with E-state index in [9.17, 15) is 9.59 Å². The van der Waals surface area contributed by atoms with Gasteiger partial charge in [-0.05, 0) is 30.3 Å². The Morgan fingerprint density at radius 3 is 2.79 bits per heavy atom. The molecule has 0 saturated heterocycles. The molecule has 33 heavy (non-hydrogen) atoms. The van der Waals surface area contributed by atoms with Gasteiger partial charge in [0.05, 0.1) is 31.4 Å². The molecule has 0 spiro atoms. The average Bonchev–Trinajstić information content (AvgIpc) is 3.50. The molecule has 0 bridgehead atoms. The molecule has 2 aromatic carbocycles. The highest BCUT2D eigenvalue weighted by Crippen LogP contribution is 2.29. The summed E-state index contributed by atoms with van der Waals surface area (Å²) in [5.74, 6) is 1.07. The molecule has 0 saturated carbocycles. The van der Waals surface area contributed by atoms with Gasteiger partial charge in [0.25, 0.3) is 5.56 Å². The molecule has 0 fully saturated rings. The number of ether oxygens (including phenoxy) is 1. The number of furan rings is 1. The molecule has 5 rings (SSSR count). The minimum absolute atomic E-state index is 0.0795. The number of aromatic nitrogens is 3. The van der Waals surface area contributed by atoms with E-state index in [2.05, 4.69) is 10.3 Å². The Labute approximate surface area is 192 Å². The highest BCUT2D eigenvalue weighted by molar-refractivity contribution is 7.99. The van der Waals surface area contributed by atoms with Gasteiger partial charge in [0.1, 0.15) is 22.5 Å². The van der Waals surface area contributed by atoms with E-state index in [1.807, 2.05) is 36.4 Å². The lowest BCUT2D eigenvalue weighted by molar-refractivity contribution is -0.118. The maximum absolute atomic E-state index is 13.6. The average molecular weight is 461 g/mol. The molecule has 0 aliphatic rings. The molecule has 0 aliphatic carbocycles. The maximum atomic E-state index is 13.6. The van der Waals surface area contributed by atoms with E-state index in [1.165, 1.54) is 16.3 Å². The van der Waals surface area contributed by atoms with Crippen LogP contribution in [0, 0.1) is 0 Å². The number of nitrogens with zero attached hydrogens (tertiary/aromatic N) is 2. The van der Waals surface area contributed by atoms with Gasteiger partial charge in [-0.25, -0.2) is 9.55 Å². The molecule has 2 N–H and O–H groups in total. The molecule has 3 heterocycles. The molecule has 5 aromatic rings. The second-order valence-electron chi connectivity index (χ2n) is 7.25. The van der Waals surface area contributed by atoms with Gasteiger partial charge in [-0.3, -0.25) is 9.59 Å². The first-order valence-electron chi connectivity index (χ1n) is 10.2. The highest BCUT2D eigenvalue weighted by atomic mass is 32.2. The Bertz CT molecular complexity index is 1500. The van der Waals surface area contributed by atoms with Crippen molar-refractivity contribution in [2.24, 2.45) is 0 Å². The van der Waals surface area contributed by atoms with Gasteiger partial charge in [0, 0.05) is 10.9 Å². The molecule has 166 valence electrons. The minimum atomic E-state index is -0.265. The molecule has 0 unspecified atom stereocenters. The topological polar surface area (TPSA) is 102 Å². The van der Waals surface area contributed by atoms with Crippen LogP contribution >= 0.6 is 11.8 Å². The molecule has 0 aliphatic heterocycles. The minimum Gasteiger partial charge on any atom is -0.495 e. The van der Waals surface area contributed by atoms with E-state index in [4.69, 9.17) is 14.1 Å². The number of methoxy groups -OCH3 is 1. The fraction of sp³-hybridized carbons (Fsp3) is 0.125. The summed E-state index contributed by atoms with van der Waals surface area (Å²) in [6, 6.07) is 18.4. The largest absolute Gasteiger partial charge is 0.495 e. The van der Waals surface area contributed by atoms with E-state index >= 15 is 0 Å². The van der Waals surface area contributed by atoms with Gasteiger partial charge in [-0.1, -0.05) is 42.1 Å². The fourth-order valence-corrected chi connectivity index (χ4v) is 4.47. The number of carbonyl (C=O) groups is 1. The van der Waals surface area contributed by atoms with Crippen LogP contribution in [0.3, 0.4) is 0 Å². The Balaban J connectivity index is 1.57. The summed E-state index contributed by atoms with van der Waals surface area (Å²) < 4.78 is 12.2. The van der Waals surface area contributed by atoms with Crippen LogP contribution < -0.4 is 15.6 Å². The third kappa shape index (κ3) is 3.98. The summed E-state index contributed by atoms with van der Waals surface area (Å²) in [7, 11) is 1.55. The number of thioether (sulfide) groups is 1. The summed E-state index contributed by atoms with van der Waals surface area (Å²) in [4.78, 5) is 34.1. The van der Waals surface area contributed by atoms with Crippen molar-refractivity contribution < 1.29 is 13.9 Å². The van der Waals surface area contributed by atoms with Crippen molar-refractivity contribution in [3.8, 4) is 11.4 Å². The zero-order valence-corrected chi connectivity index (χ0v) is 18.5. The number of hydrogen-bond acceptors (Lipinski definition) is 6. The maximum Gasteiger partial charge on any atom is 0.283 e. The number of amides is 1. The molecular weight excluding hydrogens is 440 g/mol. The Morgan fingerprint density at radius 1 is 1.15 bits per heavy atom. The molecule has 1 amide bonds. The first-order valence-corrected chi connectivity index (χ1v) is 11.2. The number of benzene rings is 2. The van der Waals surface area contributed by atoms with Crippen molar-refractivity contribution in [1.29, 1.82) is 0 Å². The number of rotatable bonds is 7. The Morgan fingerprint density at radius 2 is 1.97 bits per heavy atom. The summed E-state index contributed by atoms with van der Waals surface area (Å²) >= 11 is 1.19. The van der Waals surface area contributed by atoms with Gasteiger partial charge in [0.15, 0.2) is 5.16 Å². The first kappa shape index (κ1) is 20.9. The van der Waals surface area contributed by atoms with E-state index in [0.717, 1.165) is 10.9 Å². The lowest BCUT2D eigenvalue weighted by Gasteiger charge is -2.14. The quantitative estimate of drug-likeness (QED) is 0.282. The van der Waals surface area contributed by atoms with Crippen LogP contribution in [0.15, 0.2) is 81.3 Å². The van der Waals surface area contributed by atoms with Gasteiger partial charge in [-0.2, -0.15) is 0 Å². The molecule has 3 aromatic heterocycles. The molecule has 9 heteroatoms. The number of aromatic amines is 1. The van der Waals surface area contributed by atoms with Gasteiger partial charge < -0.3 is 19.5 Å². The Kier molecular flexibility index (Phi) is 5.62. The zero-order chi connectivity index (χ0) is 22.8. The van der Waals surface area contributed by atoms with Crippen molar-refractivity contribution in [3.63, 3.8) is 0 Å². The summed E-state index contributed by atoms with van der Waals surface area (Å²) in [6.07, 6.45) is 1.56. The number of carbonyl (C=O) groups excluding carboxylic acids is 1. The van der Waals surface area contributed by atoms with Crippen LogP contribution in [0.4, 0.5) is 0 Å². The number of hydrogen-bond donors (Lipinski definition) is 2. The van der Waals surface area contributed by atoms with Gasteiger partial charge in [-0.15, -0.1) is 0 Å². The summed E-state index contributed by atoms with van der Waals surface area (Å²) in [6.45, 7) is 0.292. The van der Waals surface area contributed by atoms with Crippen LogP contribution in [0.5, 0.6) is 5.75 Å². The van der Waals surface area contributed by atoms with Gasteiger partial charge in [0.2, 0.25) is 5.91 Å². The number of H-pyrrole nitrogens is 1. The molecular formula is C24H20N4O4S. The van der Waals surface area contributed by atoms with Crippen molar-refractivity contribution >= 4 is 39.6 Å². The van der Waals surface area contributed by atoms with Crippen LogP contribution in [-0.2, 0) is 11.3 Å². The van der Waals surface area contributed by atoms with E-state index in [0.29, 0.717) is 39.9 Å². The van der Waals surface area contributed by atoms with Crippen LogP contribution in [0.2, 0.25) is 0 Å². The van der Waals surface area contributed by atoms with Crippen LogP contribution in [-0.4, -0.2) is 33.3 Å². The monoisotopic (exact) mass is 460 g/mol. The second-order valence-corrected chi connectivity index (χ2v) is 8.19. The number of nitrogens with one attached hydrogen (secondary N) is 2. The van der Waals surface area contributed by atoms with Crippen molar-refractivity contribution in [2.45, 2.75) is 11.7 Å². The SMILES string of the molecule is COc1ccccc1-n1c(SCC(=O)NCc2ccco2)nc2c([nH]c3ccccc32)c1=O. The van der Waals surface area contributed by atoms with Crippen molar-refractivity contribution in [1.82, 2.24) is 19.9 Å². The van der Waals surface area contributed by atoms with E-state index in [-0.39, 0.29) is 17.2 Å². The van der Waals surface area contributed by atoms with Crippen molar-refractivity contribution in [2.75, 3.05) is 12.9 Å². The third-order valence-electron chi connectivity index (χ3n) is 5.19. The number of fused-ring (bicyclic) bond motifs is 3. The molecule has 0 atom stereocenters. The smallest absolute Gasteiger partial charge is 0.283 e. The van der Waals surface area contributed by atoms with Crippen LogP contribution in [0.1, 0.15) is 5.76 Å². The lowest BCUT2D eigenvalue weighted by atomic mass is 10.2. The summed E-state index contributed by atoms with van der Waals surface area (Å²) in [5, 5.41) is 4.06. The summed E-state index contributed by atoms with van der Waals surface area (Å²) in [5.41, 5.74) is 2.08. The van der Waals surface area contributed by atoms with E-state index in [1.54, 1.807) is 37.6 Å². The zero-order valence-electron chi connectivity index (χ0n) is 17.7. The molecule has 8 nitrogen and oxygen atoms in total. The predicted molar refractivity (Wildman–Crippen MR) is 127 cm³/mol. The molecule has 0 radical (unpaired) electrons. The Hall–Kier alpha value is -3.98. The third-order valence-corrected chi connectivity index (χ3v) is 6.13. The predicted octanol–water partition coefficient (Wildman–Crippen LogP) is 3.88. The van der Waals surface area contributed by atoms with Crippen molar-refractivity contribution in [3.05, 3.63) is 83.0 Å². The normalized spacial score (nSPS) is 11.2. The standard InChI is InChI=1S/C24H20N4O4S/c1-31-19-11-5-4-10-18(19)28-23(30)22-21(16-8-2-3-9-17(16)26-22)27-24(28)33-14-20(29)25-13-15-7-6-12-32-15/h2-12,26H,13-14H2,1H3,(H,25,29).